The van der Waals surface area contributed by atoms with Crippen LogP contribution in [0.5, 0.6) is 0 Å². The summed E-state index contributed by atoms with van der Waals surface area (Å²) >= 11 is 0. The predicted molar refractivity (Wildman–Crippen MR) is 78.8 cm³/mol. The van der Waals surface area contributed by atoms with Gasteiger partial charge in [0.1, 0.15) is 0 Å². The Labute approximate surface area is 122 Å². The highest BCUT2D eigenvalue weighted by Gasteiger charge is 2.39. The standard InChI is InChI=1S/C13H27N3O3S/c1-20(18,19)16-9-7-15(8-10-16)6-4-12-3-2-5-13(12,17)11-14/h12,17H,2-11,14H2,1H3. The van der Waals surface area contributed by atoms with Gasteiger partial charge in [-0.3, -0.25) is 0 Å². The van der Waals surface area contributed by atoms with Crippen molar-refractivity contribution in [3.05, 3.63) is 0 Å². The van der Waals surface area contributed by atoms with Crippen LogP contribution in [0.1, 0.15) is 25.7 Å². The summed E-state index contributed by atoms with van der Waals surface area (Å²) in [6.45, 7) is 3.97. The maximum absolute atomic E-state index is 11.4. The molecule has 2 atom stereocenters. The van der Waals surface area contributed by atoms with Gasteiger partial charge in [0.2, 0.25) is 10.0 Å². The Morgan fingerprint density at radius 2 is 1.95 bits per heavy atom. The Morgan fingerprint density at radius 3 is 2.50 bits per heavy atom. The van der Waals surface area contributed by atoms with Crippen LogP contribution in [-0.2, 0) is 10.0 Å². The topological polar surface area (TPSA) is 86.9 Å². The van der Waals surface area contributed by atoms with Gasteiger partial charge in [-0.15, -0.1) is 0 Å². The fourth-order valence-corrected chi connectivity index (χ4v) is 4.26. The smallest absolute Gasteiger partial charge is 0.211 e. The third kappa shape index (κ3) is 3.71. The van der Waals surface area contributed by atoms with E-state index in [4.69, 9.17) is 5.73 Å². The number of sulfonamides is 1. The van der Waals surface area contributed by atoms with Crippen LogP contribution in [-0.4, -0.2) is 73.9 Å². The zero-order valence-electron chi connectivity index (χ0n) is 12.3. The van der Waals surface area contributed by atoms with Crippen LogP contribution in [0.2, 0.25) is 0 Å². The highest BCUT2D eigenvalue weighted by molar-refractivity contribution is 7.88. The lowest BCUT2D eigenvalue weighted by atomic mass is 9.88. The van der Waals surface area contributed by atoms with Crippen LogP contribution in [0, 0.1) is 5.92 Å². The average Bonchev–Trinajstić information content (AvgIpc) is 2.78. The van der Waals surface area contributed by atoms with Crippen molar-refractivity contribution in [2.24, 2.45) is 11.7 Å². The quantitative estimate of drug-likeness (QED) is 0.711. The third-order valence-electron chi connectivity index (χ3n) is 4.87. The van der Waals surface area contributed by atoms with Gasteiger partial charge in [-0.25, -0.2) is 8.42 Å². The molecule has 1 heterocycles. The molecule has 0 bridgehead atoms. The summed E-state index contributed by atoms with van der Waals surface area (Å²) in [5.74, 6) is 0.292. The van der Waals surface area contributed by atoms with Crippen LogP contribution >= 0.6 is 0 Å². The van der Waals surface area contributed by atoms with Gasteiger partial charge in [0.05, 0.1) is 11.9 Å². The van der Waals surface area contributed by atoms with E-state index >= 15 is 0 Å². The molecular weight excluding hydrogens is 278 g/mol. The fourth-order valence-electron chi connectivity index (χ4n) is 3.43. The maximum Gasteiger partial charge on any atom is 0.211 e. The number of aliphatic hydroxyl groups is 1. The van der Waals surface area contributed by atoms with Crippen LogP contribution in [0.25, 0.3) is 0 Å². The van der Waals surface area contributed by atoms with Crippen molar-refractivity contribution in [1.29, 1.82) is 0 Å². The lowest BCUT2D eigenvalue weighted by Gasteiger charge is -2.35. The van der Waals surface area contributed by atoms with Gasteiger partial charge in [0, 0.05) is 32.7 Å². The van der Waals surface area contributed by atoms with Gasteiger partial charge in [-0.2, -0.15) is 4.31 Å². The molecule has 0 radical (unpaired) electrons. The van der Waals surface area contributed by atoms with Crippen molar-refractivity contribution in [1.82, 2.24) is 9.21 Å². The summed E-state index contributed by atoms with van der Waals surface area (Å²) in [7, 11) is -3.05. The molecule has 1 aliphatic carbocycles. The second kappa shape index (κ2) is 6.27. The van der Waals surface area contributed by atoms with E-state index in [-0.39, 0.29) is 0 Å². The molecule has 118 valence electrons. The Kier molecular flexibility index (Phi) is 5.07. The molecule has 2 aliphatic rings. The average molecular weight is 305 g/mol. The van der Waals surface area contributed by atoms with E-state index in [2.05, 4.69) is 4.90 Å². The zero-order chi connectivity index (χ0) is 14.8. The van der Waals surface area contributed by atoms with Gasteiger partial charge in [0.25, 0.3) is 0 Å². The first-order valence-corrected chi connectivity index (χ1v) is 9.30. The highest BCUT2D eigenvalue weighted by Crippen LogP contribution is 2.37. The summed E-state index contributed by atoms with van der Waals surface area (Å²) in [6.07, 6.45) is 5.14. The Bertz CT molecular complexity index is 421. The first-order chi connectivity index (χ1) is 9.35. The number of nitrogens with two attached hydrogens (primary N) is 1. The normalized spacial score (nSPS) is 33.6. The number of rotatable bonds is 5. The maximum atomic E-state index is 11.4. The first-order valence-electron chi connectivity index (χ1n) is 7.45. The van der Waals surface area contributed by atoms with Crippen molar-refractivity contribution < 1.29 is 13.5 Å². The summed E-state index contributed by atoms with van der Waals surface area (Å²) in [6, 6.07) is 0. The summed E-state index contributed by atoms with van der Waals surface area (Å²) in [4.78, 5) is 2.29. The van der Waals surface area contributed by atoms with Crippen molar-refractivity contribution in [3.8, 4) is 0 Å². The van der Waals surface area contributed by atoms with Gasteiger partial charge < -0.3 is 15.7 Å². The lowest BCUT2D eigenvalue weighted by Crippen LogP contribution is -2.49. The minimum atomic E-state index is -3.05. The van der Waals surface area contributed by atoms with Crippen molar-refractivity contribution in [2.75, 3.05) is 45.5 Å². The summed E-state index contributed by atoms with van der Waals surface area (Å²) < 4.78 is 24.4. The molecule has 2 unspecified atom stereocenters. The molecule has 7 heteroatoms. The molecule has 1 saturated carbocycles. The monoisotopic (exact) mass is 305 g/mol. The summed E-state index contributed by atoms with van der Waals surface area (Å²) in [5, 5.41) is 10.4. The van der Waals surface area contributed by atoms with Crippen molar-refractivity contribution >= 4 is 10.0 Å². The van der Waals surface area contributed by atoms with E-state index in [1.807, 2.05) is 0 Å². The molecule has 0 aromatic carbocycles. The molecule has 0 aromatic heterocycles. The van der Waals surface area contributed by atoms with Crippen LogP contribution in [0.15, 0.2) is 0 Å². The van der Waals surface area contributed by atoms with Crippen molar-refractivity contribution in [3.63, 3.8) is 0 Å². The summed E-state index contributed by atoms with van der Waals surface area (Å²) in [5.41, 5.74) is 5.02. The van der Waals surface area contributed by atoms with E-state index in [1.54, 1.807) is 0 Å². The SMILES string of the molecule is CS(=O)(=O)N1CCN(CCC2CCCC2(O)CN)CC1. The van der Waals surface area contributed by atoms with Gasteiger partial charge in [0.15, 0.2) is 0 Å². The molecule has 1 saturated heterocycles. The number of nitrogens with zero attached hydrogens (tertiary/aromatic N) is 2. The van der Waals surface area contributed by atoms with Crippen LogP contribution < -0.4 is 5.73 Å². The molecule has 3 N–H and O–H groups in total. The Hall–Kier alpha value is -0.210. The zero-order valence-corrected chi connectivity index (χ0v) is 13.1. The molecular formula is C13H27N3O3S. The van der Waals surface area contributed by atoms with Crippen molar-refractivity contribution in [2.45, 2.75) is 31.3 Å². The lowest BCUT2D eigenvalue weighted by molar-refractivity contribution is 0.00362. The van der Waals surface area contributed by atoms with E-state index < -0.39 is 15.6 Å². The molecule has 6 nitrogen and oxygen atoms in total. The van der Waals surface area contributed by atoms with Gasteiger partial charge in [-0.1, -0.05) is 6.42 Å². The fraction of sp³-hybridized carbons (Fsp3) is 1.00. The molecule has 2 rings (SSSR count). The molecule has 0 aromatic rings. The van der Waals surface area contributed by atoms with Crippen LogP contribution in [0.4, 0.5) is 0 Å². The number of piperazine rings is 1. The molecule has 20 heavy (non-hydrogen) atoms. The Balaban J connectivity index is 1.77. The number of hydrogen-bond acceptors (Lipinski definition) is 5. The van der Waals surface area contributed by atoms with E-state index in [0.717, 1.165) is 45.3 Å². The van der Waals surface area contributed by atoms with E-state index in [9.17, 15) is 13.5 Å². The predicted octanol–water partition coefficient (Wildman–Crippen LogP) is -0.556. The third-order valence-corrected chi connectivity index (χ3v) is 6.17. The largest absolute Gasteiger partial charge is 0.388 e. The number of hydrogen-bond donors (Lipinski definition) is 2. The van der Waals surface area contributed by atoms with Gasteiger partial charge in [-0.05, 0) is 31.7 Å². The highest BCUT2D eigenvalue weighted by atomic mass is 32.2. The second-order valence-corrected chi connectivity index (χ2v) is 8.17. The Morgan fingerprint density at radius 1 is 1.30 bits per heavy atom. The minimum Gasteiger partial charge on any atom is -0.388 e. The molecule has 0 spiro atoms. The second-order valence-electron chi connectivity index (χ2n) is 6.19. The van der Waals surface area contributed by atoms with E-state index in [1.165, 1.54) is 10.6 Å². The van der Waals surface area contributed by atoms with Gasteiger partial charge >= 0.3 is 0 Å². The van der Waals surface area contributed by atoms with Crippen LogP contribution in [0.3, 0.4) is 0 Å². The molecule has 2 fully saturated rings. The first kappa shape index (κ1) is 16.2. The molecule has 1 aliphatic heterocycles. The minimum absolute atomic E-state index is 0.292. The van der Waals surface area contributed by atoms with E-state index in [0.29, 0.717) is 25.6 Å². The molecule has 0 amide bonds.